The average Bonchev–Trinajstić information content (AvgIpc) is 2.36. The fourth-order valence-corrected chi connectivity index (χ4v) is 1.32. The molecule has 0 radical (unpaired) electrons. The molecule has 0 saturated heterocycles. The molecule has 0 fully saturated rings. The van der Waals surface area contributed by atoms with E-state index in [1.165, 1.54) is 0 Å². The maximum Gasteiger partial charge on any atom is 0.323 e. The lowest BCUT2D eigenvalue weighted by Crippen LogP contribution is -2.33. The number of aromatic nitrogens is 3. The number of anilines is 2. The molecule has 0 aromatic carbocycles. The van der Waals surface area contributed by atoms with Gasteiger partial charge in [0, 0.05) is 13.6 Å². The molecule has 0 aliphatic carbocycles. The predicted octanol–water partition coefficient (Wildman–Crippen LogP) is 0.908. The minimum absolute atomic E-state index is 0.00898. The van der Waals surface area contributed by atoms with Gasteiger partial charge in [-0.25, -0.2) is 0 Å². The smallest absolute Gasteiger partial charge is 0.323 e. The number of aliphatic hydroxyl groups excluding tert-OH is 1. The van der Waals surface area contributed by atoms with Crippen molar-refractivity contribution < 1.29 is 9.84 Å². The lowest BCUT2D eigenvalue weighted by molar-refractivity contribution is 0.221. The van der Waals surface area contributed by atoms with Gasteiger partial charge in [-0.05, 0) is 27.7 Å². The predicted molar refractivity (Wildman–Crippen MR) is 74.7 cm³/mol. The van der Waals surface area contributed by atoms with Crippen LogP contribution >= 0.6 is 0 Å². The highest BCUT2D eigenvalue weighted by Gasteiger charge is 2.15. The first-order valence-corrected chi connectivity index (χ1v) is 6.48. The van der Waals surface area contributed by atoms with Crippen LogP contribution < -0.4 is 15.0 Å². The van der Waals surface area contributed by atoms with Gasteiger partial charge < -0.3 is 20.1 Å². The van der Waals surface area contributed by atoms with Gasteiger partial charge >= 0.3 is 6.01 Å². The molecule has 1 atom stereocenters. The first-order valence-electron chi connectivity index (χ1n) is 6.48. The summed E-state index contributed by atoms with van der Waals surface area (Å²) < 4.78 is 5.51. The SMILES string of the molecule is CCNc1nc(OC(C)C)nc(N(C)C(C)CO)n1. The van der Waals surface area contributed by atoms with Gasteiger partial charge in [0.2, 0.25) is 11.9 Å². The molecule has 0 amide bonds. The maximum absolute atomic E-state index is 9.19. The van der Waals surface area contributed by atoms with Crippen LogP contribution in [0.5, 0.6) is 6.01 Å². The average molecular weight is 269 g/mol. The Morgan fingerprint density at radius 3 is 2.47 bits per heavy atom. The Labute approximate surface area is 114 Å². The summed E-state index contributed by atoms with van der Waals surface area (Å²) >= 11 is 0. The normalized spacial score (nSPS) is 12.4. The monoisotopic (exact) mass is 269 g/mol. The van der Waals surface area contributed by atoms with E-state index in [1.54, 1.807) is 4.90 Å². The van der Waals surface area contributed by atoms with Crippen LogP contribution in [0.1, 0.15) is 27.7 Å². The molecule has 0 aliphatic heterocycles. The first-order chi connectivity index (χ1) is 8.97. The van der Waals surface area contributed by atoms with Gasteiger partial charge in [0.1, 0.15) is 0 Å². The fourth-order valence-electron chi connectivity index (χ4n) is 1.32. The van der Waals surface area contributed by atoms with Crippen LogP contribution in [0.15, 0.2) is 0 Å². The summed E-state index contributed by atoms with van der Waals surface area (Å²) in [5, 5.41) is 12.2. The van der Waals surface area contributed by atoms with Gasteiger partial charge in [0.15, 0.2) is 0 Å². The maximum atomic E-state index is 9.19. The van der Waals surface area contributed by atoms with E-state index in [4.69, 9.17) is 4.74 Å². The second-order valence-corrected chi connectivity index (χ2v) is 4.58. The van der Waals surface area contributed by atoms with E-state index in [0.717, 1.165) is 0 Å². The number of rotatable bonds is 7. The van der Waals surface area contributed by atoms with Crippen molar-refractivity contribution in [3.05, 3.63) is 0 Å². The van der Waals surface area contributed by atoms with Gasteiger partial charge in [-0.15, -0.1) is 0 Å². The van der Waals surface area contributed by atoms with Crippen molar-refractivity contribution in [2.75, 3.05) is 30.4 Å². The van der Waals surface area contributed by atoms with E-state index in [2.05, 4.69) is 20.3 Å². The zero-order chi connectivity index (χ0) is 14.4. The molecule has 19 heavy (non-hydrogen) atoms. The van der Waals surface area contributed by atoms with Crippen molar-refractivity contribution in [3.8, 4) is 6.01 Å². The van der Waals surface area contributed by atoms with Crippen molar-refractivity contribution in [2.45, 2.75) is 39.8 Å². The van der Waals surface area contributed by atoms with Gasteiger partial charge in [0.05, 0.1) is 18.8 Å². The van der Waals surface area contributed by atoms with Crippen LogP contribution in [-0.2, 0) is 0 Å². The van der Waals surface area contributed by atoms with Gasteiger partial charge in [-0.1, -0.05) is 0 Å². The summed E-state index contributed by atoms with van der Waals surface area (Å²) in [7, 11) is 1.82. The van der Waals surface area contributed by atoms with Crippen molar-refractivity contribution in [2.24, 2.45) is 0 Å². The lowest BCUT2D eigenvalue weighted by atomic mass is 10.3. The standard InChI is InChI=1S/C12H23N5O2/c1-6-13-10-14-11(17(5)9(4)7-18)16-12(15-10)19-8(2)3/h8-9,18H,6-7H2,1-5H3,(H,13,14,15,16). The molecule has 0 bridgehead atoms. The molecule has 0 aliphatic rings. The van der Waals surface area contributed by atoms with Gasteiger partial charge in [-0.3, -0.25) is 0 Å². The summed E-state index contributed by atoms with van der Waals surface area (Å²) in [5.74, 6) is 0.947. The molecule has 1 aromatic rings. The third-order valence-corrected chi connectivity index (χ3v) is 2.52. The Bertz CT molecular complexity index is 400. The van der Waals surface area contributed by atoms with Crippen LogP contribution in [0.25, 0.3) is 0 Å². The largest absolute Gasteiger partial charge is 0.461 e. The quantitative estimate of drug-likeness (QED) is 0.761. The molecule has 7 nitrogen and oxygen atoms in total. The molecule has 108 valence electrons. The van der Waals surface area contributed by atoms with Crippen LogP contribution in [0.4, 0.5) is 11.9 Å². The van der Waals surface area contributed by atoms with Crippen molar-refractivity contribution in [1.82, 2.24) is 15.0 Å². The van der Waals surface area contributed by atoms with Crippen molar-refractivity contribution in [1.29, 1.82) is 0 Å². The second kappa shape index (κ2) is 7.08. The summed E-state index contributed by atoms with van der Waals surface area (Å²) in [5.41, 5.74) is 0. The molecule has 0 spiro atoms. The van der Waals surface area contributed by atoms with Gasteiger partial charge in [0.25, 0.3) is 0 Å². The number of likely N-dealkylation sites (N-methyl/N-ethyl adjacent to an activating group) is 1. The summed E-state index contributed by atoms with van der Waals surface area (Å²) in [6, 6.07) is 0.205. The number of hydrogen-bond donors (Lipinski definition) is 2. The van der Waals surface area contributed by atoms with E-state index in [0.29, 0.717) is 18.4 Å². The molecular formula is C12H23N5O2. The minimum atomic E-state index is -0.0798. The Morgan fingerprint density at radius 1 is 1.26 bits per heavy atom. The molecular weight excluding hydrogens is 246 g/mol. The minimum Gasteiger partial charge on any atom is -0.461 e. The highest BCUT2D eigenvalue weighted by molar-refractivity contribution is 5.38. The third-order valence-electron chi connectivity index (χ3n) is 2.52. The van der Waals surface area contributed by atoms with Crippen molar-refractivity contribution in [3.63, 3.8) is 0 Å². The topological polar surface area (TPSA) is 83.4 Å². The molecule has 0 saturated carbocycles. The second-order valence-electron chi connectivity index (χ2n) is 4.58. The van der Waals surface area contributed by atoms with Crippen LogP contribution in [0.2, 0.25) is 0 Å². The Balaban J connectivity index is 3.04. The highest BCUT2D eigenvalue weighted by atomic mass is 16.5. The number of hydrogen-bond acceptors (Lipinski definition) is 7. The Kier molecular flexibility index (Phi) is 5.75. The number of nitrogens with one attached hydrogen (secondary N) is 1. The molecule has 1 unspecified atom stereocenters. The van der Waals surface area contributed by atoms with E-state index in [-0.39, 0.29) is 24.8 Å². The molecule has 1 heterocycles. The van der Waals surface area contributed by atoms with Gasteiger partial charge in [-0.2, -0.15) is 15.0 Å². The number of nitrogens with zero attached hydrogens (tertiary/aromatic N) is 4. The third kappa shape index (κ3) is 4.51. The summed E-state index contributed by atoms with van der Waals surface area (Å²) in [6.07, 6.45) is -0.00898. The first kappa shape index (κ1) is 15.4. The number of ether oxygens (including phenoxy) is 1. The summed E-state index contributed by atoms with van der Waals surface area (Å²) in [4.78, 5) is 14.5. The van der Waals surface area contributed by atoms with Crippen molar-refractivity contribution >= 4 is 11.9 Å². The van der Waals surface area contributed by atoms with E-state index in [1.807, 2.05) is 34.7 Å². The van der Waals surface area contributed by atoms with E-state index < -0.39 is 0 Å². The van der Waals surface area contributed by atoms with E-state index >= 15 is 0 Å². The van der Waals surface area contributed by atoms with Crippen LogP contribution in [0, 0.1) is 0 Å². The van der Waals surface area contributed by atoms with E-state index in [9.17, 15) is 5.11 Å². The Hall–Kier alpha value is -1.63. The highest BCUT2D eigenvalue weighted by Crippen LogP contribution is 2.16. The molecule has 7 heteroatoms. The molecule has 2 N–H and O–H groups in total. The molecule has 1 rings (SSSR count). The summed E-state index contributed by atoms with van der Waals surface area (Å²) in [6.45, 7) is 8.42. The van der Waals surface area contributed by atoms with Crippen LogP contribution in [-0.4, -0.2) is 52.4 Å². The Morgan fingerprint density at radius 2 is 1.95 bits per heavy atom. The zero-order valence-corrected chi connectivity index (χ0v) is 12.2. The van der Waals surface area contributed by atoms with Crippen LogP contribution in [0.3, 0.4) is 0 Å². The number of aliphatic hydroxyl groups is 1. The molecule has 1 aromatic heterocycles. The lowest BCUT2D eigenvalue weighted by Gasteiger charge is -2.23. The zero-order valence-electron chi connectivity index (χ0n) is 12.2. The fraction of sp³-hybridized carbons (Fsp3) is 0.750.